The maximum Gasteiger partial charge on any atom is -0.0809 e. The van der Waals surface area contributed by atoms with E-state index in [1.54, 1.807) is 0 Å². The van der Waals surface area contributed by atoms with Crippen LogP contribution in [0, 0.1) is 0 Å². The van der Waals surface area contributed by atoms with Crippen molar-refractivity contribution in [1.29, 1.82) is 0 Å². The maximum atomic E-state index is 4.93. The third kappa shape index (κ3) is 10.8. The number of benzene rings is 2. The van der Waals surface area contributed by atoms with E-state index < -0.39 is 20.8 Å². The van der Waals surface area contributed by atoms with Crippen LogP contribution < -0.4 is 0 Å². The fourth-order valence-electron chi connectivity index (χ4n) is 2.62. The van der Waals surface area contributed by atoms with E-state index in [1.807, 2.05) is 0 Å². The summed E-state index contributed by atoms with van der Waals surface area (Å²) in [7, 11) is 11.1. The standard InChI is InChI=1S/2C9H7.C6H14Si.2ClH.Zr/c2*1-2-5-9-7-3-6-8(9)4-1;1-3-5-7-6-4-2;;;/h2*1-7H;3-6H2,1-2H3;2*1H;/q2*-1;;;;+4/p-2. The Hall–Kier alpha value is -0.660. The van der Waals surface area contributed by atoms with Gasteiger partial charge in [-0.1, -0.05) is 50.9 Å². The molecular formula is C24H28Cl2SiZr. The minimum Gasteiger partial charge on any atom is -0.168 e. The summed E-state index contributed by atoms with van der Waals surface area (Å²) < 4.78 is 0. The van der Waals surface area contributed by atoms with Gasteiger partial charge in [0.25, 0.3) is 0 Å². The zero-order chi connectivity index (χ0) is 20.5. The van der Waals surface area contributed by atoms with Gasteiger partial charge >= 0.3 is 37.9 Å². The van der Waals surface area contributed by atoms with Crippen molar-refractivity contribution in [2.75, 3.05) is 0 Å². The van der Waals surface area contributed by atoms with Gasteiger partial charge in [0.15, 0.2) is 0 Å². The van der Waals surface area contributed by atoms with Crippen LogP contribution in [0.5, 0.6) is 0 Å². The molecule has 0 fully saturated rings. The molecule has 0 nitrogen and oxygen atoms in total. The van der Waals surface area contributed by atoms with Crippen LogP contribution in [-0.4, -0.2) is 9.52 Å². The Morgan fingerprint density at radius 2 is 1.11 bits per heavy atom. The Bertz CT molecular complexity index is 723. The second-order valence-corrected chi connectivity index (χ2v) is 11.4. The van der Waals surface area contributed by atoms with Crippen LogP contribution in [0.15, 0.2) is 84.9 Å². The molecule has 0 saturated carbocycles. The first-order valence-electron chi connectivity index (χ1n) is 9.64. The van der Waals surface area contributed by atoms with E-state index in [1.165, 1.54) is 56.0 Å². The van der Waals surface area contributed by atoms with Crippen LogP contribution in [0.25, 0.3) is 21.5 Å². The maximum absolute atomic E-state index is 4.93. The van der Waals surface area contributed by atoms with E-state index in [0.29, 0.717) is 0 Å². The number of halogens is 2. The van der Waals surface area contributed by atoms with Crippen LogP contribution >= 0.6 is 17.0 Å². The molecule has 0 saturated heterocycles. The SMILES string of the molecule is CCC[Si]CCC.[Cl][Zr+2][Cl].c1ccc2[cH-]ccc2c1.c1ccc2[cH-]ccc2c1. The van der Waals surface area contributed by atoms with E-state index in [2.05, 4.69) is 98.8 Å². The molecule has 0 aliphatic heterocycles. The molecule has 4 aromatic carbocycles. The molecule has 0 atom stereocenters. The van der Waals surface area contributed by atoms with E-state index in [-0.39, 0.29) is 0 Å². The smallest absolute Gasteiger partial charge is 0.0809 e. The molecule has 0 heterocycles. The normalized spacial score (nSPS) is 9.29. The van der Waals surface area contributed by atoms with Crippen molar-refractivity contribution in [3.63, 3.8) is 0 Å². The first-order chi connectivity index (χ1) is 13.8. The second-order valence-electron chi connectivity index (χ2n) is 6.13. The van der Waals surface area contributed by atoms with E-state index in [4.69, 9.17) is 17.0 Å². The quantitative estimate of drug-likeness (QED) is 0.147. The summed E-state index contributed by atoms with van der Waals surface area (Å²) in [6.45, 7) is 4.51. The van der Waals surface area contributed by atoms with Gasteiger partial charge in [0, 0.05) is 9.52 Å². The summed E-state index contributed by atoms with van der Waals surface area (Å²) in [4.78, 5) is 0. The topological polar surface area (TPSA) is 0 Å². The minimum absolute atomic E-state index is 0.826. The summed E-state index contributed by atoms with van der Waals surface area (Å²) in [6.07, 6.45) is 2.75. The van der Waals surface area contributed by atoms with Gasteiger partial charge in [0.1, 0.15) is 0 Å². The van der Waals surface area contributed by atoms with Crippen LogP contribution in [-0.2, 0) is 20.8 Å². The van der Waals surface area contributed by atoms with Gasteiger partial charge in [0.2, 0.25) is 0 Å². The Labute approximate surface area is 191 Å². The first kappa shape index (κ1) is 25.4. The number of hydrogen-bond donors (Lipinski definition) is 0. The summed E-state index contributed by atoms with van der Waals surface area (Å²) in [5.41, 5.74) is 0. The summed E-state index contributed by atoms with van der Waals surface area (Å²) in [6, 6.07) is 32.2. The fraction of sp³-hybridized carbons (Fsp3) is 0.250. The average molecular weight is 507 g/mol. The third-order valence-corrected chi connectivity index (χ3v) is 5.66. The molecule has 0 aliphatic carbocycles. The zero-order valence-corrected chi connectivity index (χ0v) is 21.6. The molecular weight excluding hydrogens is 478 g/mol. The van der Waals surface area contributed by atoms with Crippen LogP contribution in [0.2, 0.25) is 12.1 Å². The molecule has 4 heteroatoms. The van der Waals surface area contributed by atoms with Crippen molar-refractivity contribution in [1.82, 2.24) is 0 Å². The van der Waals surface area contributed by atoms with Gasteiger partial charge in [-0.2, -0.15) is 35.0 Å². The van der Waals surface area contributed by atoms with Gasteiger partial charge in [-0.25, -0.2) is 0 Å². The molecule has 0 amide bonds. The predicted molar refractivity (Wildman–Crippen MR) is 127 cm³/mol. The van der Waals surface area contributed by atoms with Gasteiger partial charge in [-0.05, 0) is 0 Å². The molecule has 0 aromatic heterocycles. The van der Waals surface area contributed by atoms with Crippen molar-refractivity contribution in [2.24, 2.45) is 0 Å². The van der Waals surface area contributed by atoms with Crippen molar-refractivity contribution in [2.45, 2.75) is 38.8 Å². The van der Waals surface area contributed by atoms with E-state index >= 15 is 0 Å². The Morgan fingerprint density at radius 1 is 0.714 bits per heavy atom. The molecule has 0 bridgehead atoms. The van der Waals surface area contributed by atoms with Crippen molar-refractivity contribution in [3.8, 4) is 0 Å². The van der Waals surface area contributed by atoms with Crippen molar-refractivity contribution >= 4 is 48.1 Å². The van der Waals surface area contributed by atoms with Crippen molar-refractivity contribution in [3.05, 3.63) is 84.9 Å². The molecule has 4 rings (SSSR count). The van der Waals surface area contributed by atoms with Crippen LogP contribution in [0.4, 0.5) is 0 Å². The van der Waals surface area contributed by atoms with E-state index in [0.717, 1.165) is 0 Å². The number of rotatable bonds is 4. The Morgan fingerprint density at radius 3 is 1.46 bits per heavy atom. The minimum atomic E-state index is -0.826. The molecule has 0 unspecified atom stereocenters. The van der Waals surface area contributed by atoms with Crippen LogP contribution in [0.3, 0.4) is 0 Å². The summed E-state index contributed by atoms with van der Waals surface area (Å²) >= 11 is -0.826. The third-order valence-electron chi connectivity index (χ3n) is 3.95. The van der Waals surface area contributed by atoms with Gasteiger partial charge in [0.05, 0.1) is 0 Å². The molecule has 146 valence electrons. The monoisotopic (exact) mass is 504 g/mol. The number of fused-ring (bicyclic) bond motifs is 2. The molecule has 0 aliphatic rings. The predicted octanol–water partition coefficient (Wildman–Crippen LogP) is 8.84. The first-order valence-corrected chi connectivity index (χ1v) is 17.4. The molecule has 0 spiro atoms. The van der Waals surface area contributed by atoms with Gasteiger partial charge < -0.3 is 0 Å². The van der Waals surface area contributed by atoms with Gasteiger partial charge in [-0.15, -0.1) is 59.3 Å². The molecule has 28 heavy (non-hydrogen) atoms. The largest absolute Gasteiger partial charge is 0.168 e. The molecule has 4 aromatic rings. The second kappa shape index (κ2) is 17.2. The van der Waals surface area contributed by atoms with Gasteiger partial charge in [-0.3, -0.25) is 0 Å². The molecule has 2 radical (unpaired) electrons. The Balaban J connectivity index is 0.000000199. The summed E-state index contributed by atoms with van der Waals surface area (Å²) in [5, 5.41) is 5.32. The summed E-state index contributed by atoms with van der Waals surface area (Å²) in [5.74, 6) is 0. The average Bonchev–Trinajstić information content (AvgIpc) is 3.39. The van der Waals surface area contributed by atoms with Crippen LogP contribution in [0.1, 0.15) is 26.7 Å². The Kier molecular flexibility index (Phi) is 15.6. The molecule has 0 N–H and O–H groups in total. The fourth-order valence-corrected chi connectivity index (χ4v) is 3.58. The zero-order valence-electron chi connectivity index (χ0n) is 16.7. The van der Waals surface area contributed by atoms with E-state index in [9.17, 15) is 0 Å². The van der Waals surface area contributed by atoms with Crippen molar-refractivity contribution < 1.29 is 20.8 Å². The number of hydrogen-bond acceptors (Lipinski definition) is 0.